The number of hydrogen-bond acceptors (Lipinski definition) is 4. The highest BCUT2D eigenvalue weighted by molar-refractivity contribution is 6.34. The number of aromatic amines is 1. The third-order valence-electron chi connectivity index (χ3n) is 4.74. The van der Waals surface area contributed by atoms with Crippen LogP contribution in [0.15, 0.2) is 36.5 Å². The van der Waals surface area contributed by atoms with Crippen LogP contribution >= 0.6 is 11.6 Å². The number of rotatable bonds is 5. The number of amides is 1. The van der Waals surface area contributed by atoms with E-state index in [2.05, 4.69) is 10.3 Å². The fourth-order valence-corrected chi connectivity index (χ4v) is 3.50. The summed E-state index contributed by atoms with van der Waals surface area (Å²) in [6.07, 6.45) is 3.45. The van der Waals surface area contributed by atoms with Crippen LogP contribution in [0.1, 0.15) is 22.3 Å². The molecule has 0 aliphatic carbocycles. The molecule has 4 rings (SSSR count). The predicted octanol–water partition coefficient (Wildman–Crippen LogP) is 3.96. The summed E-state index contributed by atoms with van der Waals surface area (Å²) in [4.78, 5) is 15.8. The van der Waals surface area contributed by atoms with Gasteiger partial charge in [0.2, 0.25) is 0 Å². The number of methoxy groups -OCH3 is 1. The molecule has 1 aliphatic heterocycles. The standard InChI is InChI=1S/C21H21ClN2O4/c1-26-14-3-4-15-13(12-24-18(15)9-14)5-6-23-21(25)16-10-19-20(11-17(16)22)28-8-2-7-27-19/h3-4,9-12,24H,2,5-8H2,1H3,(H,23,25). The molecule has 0 spiro atoms. The smallest absolute Gasteiger partial charge is 0.252 e. The molecule has 3 aromatic rings. The molecule has 1 aromatic heterocycles. The Bertz CT molecular complexity index is 1020. The summed E-state index contributed by atoms with van der Waals surface area (Å²) in [6.45, 7) is 1.62. The second-order valence-corrected chi connectivity index (χ2v) is 6.97. The second-order valence-electron chi connectivity index (χ2n) is 6.56. The van der Waals surface area contributed by atoms with Gasteiger partial charge in [0, 0.05) is 42.2 Å². The van der Waals surface area contributed by atoms with E-state index in [9.17, 15) is 4.79 Å². The highest BCUT2D eigenvalue weighted by Crippen LogP contribution is 2.35. The van der Waals surface area contributed by atoms with Crippen molar-refractivity contribution >= 4 is 28.4 Å². The molecule has 1 aliphatic rings. The number of fused-ring (bicyclic) bond motifs is 2. The average molecular weight is 401 g/mol. The molecule has 0 bridgehead atoms. The minimum atomic E-state index is -0.234. The maximum Gasteiger partial charge on any atom is 0.252 e. The Labute approximate surface area is 167 Å². The molecule has 7 heteroatoms. The van der Waals surface area contributed by atoms with E-state index in [0.717, 1.165) is 28.6 Å². The number of nitrogens with one attached hydrogen (secondary N) is 2. The summed E-state index contributed by atoms with van der Waals surface area (Å²) in [5, 5.41) is 4.39. The zero-order chi connectivity index (χ0) is 19.5. The minimum Gasteiger partial charge on any atom is -0.497 e. The lowest BCUT2D eigenvalue weighted by Crippen LogP contribution is -2.26. The normalized spacial score (nSPS) is 13.2. The molecule has 0 radical (unpaired) electrons. The molecule has 0 fully saturated rings. The first-order chi connectivity index (χ1) is 13.7. The largest absolute Gasteiger partial charge is 0.497 e. The van der Waals surface area contributed by atoms with Crippen LogP contribution in [-0.2, 0) is 6.42 Å². The summed E-state index contributed by atoms with van der Waals surface area (Å²) in [5.41, 5.74) is 2.52. The number of aromatic nitrogens is 1. The molecular formula is C21H21ClN2O4. The summed E-state index contributed by atoms with van der Waals surface area (Å²) < 4.78 is 16.5. The van der Waals surface area contributed by atoms with Gasteiger partial charge in [-0.05, 0) is 30.2 Å². The maximum absolute atomic E-state index is 12.6. The molecule has 28 heavy (non-hydrogen) atoms. The number of carbonyl (C=O) groups excluding carboxylic acids is 1. The number of hydrogen-bond donors (Lipinski definition) is 2. The monoisotopic (exact) mass is 400 g/mol. The van der Waals surface area contributed by atoms with Gasteiger partial charge in [-0.25, -0.2) is 0 Å². The van der Waals surface area contributed by atoms with Gasteiger partial charge in [0.1, 0.15) is 5.75 Å². The molecule has 0 saturated carbocycles. The van der Waals surface area contributed by atoms with Crippen molar-refractivity contribution in [1.82, 2.24) is 10.3 Å². The Hall–Kier alpha value is -2.86. The van der Waals surface area contributed by atoms with E-state index in [1.54, 1.807) is 19.2 Å². The van der Waals surface area contributed by atoms with Crippen molar-refractivity contribution in [2.24, 2.45) is 0 Å². The van der Waals surface area contributed by atoms with Crippen molar-refractivity contribution in [1.29, 1.82) is 0 Å². The summed E-state index contributed by atoms with van der Waals surface area (Å²) in [7, 11) is 1.64. The van der Waals surface area contributed by atoms with E-state index >= 15 is 0 Å². The lowest BCUT2D eigenvalue weighted by atomic mass is 10.1. The predicted molar refractivity (Wildman–Crippen MR) is 108 cm³/mol. The van der Waals surface area contributed by atoms with Crippen LogP contribution in [0, 0.1) is 0 Å². The van der Waals surface area contributed by atoms with Gasteiger partial charge in [-0.1, -0.05) is 11.6 Å². The molecule has 2 aromatic carbocycles. The molecular weight excluding hydrogens is 380 g/mol. The van der Waals surface area contributed by atoms with Crippen molar-refractivity contribution in [3.8, 4) is 17.2 Å². The van der Waals surface area contributed by atoms with E-state index < -0.39 is 0 Å². The number of carbonyl (C=O) groups is 1. The van der Waals surface area contributed by atoms with Gasteiger partial charge in [-0.3, -0.25) is 4.79 Å². The number of halogens is 1. The highest BCUT2D eigenvalue weighted by Gasteiger charge is 2.18. The van der Waals surface area contributed by atoms with Gasteiger partial charge in [0.05, 0.1) is 30.9 Å². The number of H-pyrrole nitrogens is 1. The Kier molecular flexibility index (Phi) is 5.30. The van der Waals surface area contributed by atoms with Crippen LogP contribution in [0.3, 0.4) is 0 Å². The van der Waals surface area contributed by atoms with E-state index in [-0.39, 0.29) is 5.91 Å². The SMILES string of the molecule is COc1ccc2c(CCNC(=O)c3cc4c(cc3Cl)OCCCO4)c[nH]c2c1. The third-order valence-corrected chi connectivity index (χ3v) is 5.05. The van der Waals surface area contributed by atoms with E-state index in [1.165, 1.54) is 0 Å². The quantitative estimate of drug-likeness (QED) is 0.679. The Morgan fingerprint density at radius 2 is 2.00 bits per heavy atom. The zero-order valence-corrected chi connectivity index (χ0v) is 16.3. The molecule has 2 heterocycles. The Balaban J connectivity index is 1.43. The molecule has 0 saturated heterocycles. The van der Waals surface area contributed by atoms with Crippen molar-refractivity contribution < 1.29 is 19.0 Å². The van der Waals surface area contributed by atoms with Crippen LogP contribution in [0.25, 0.3) is 10.9 Å². The summed E-state index contributed by atoms with van der Waals surface area (Å²) in [6, 6.07) is 9.19. The van der Waals surface area contributed by atoms with Crippen LogP contribution in [-0.4, -0.2) is 37.8 Å². The lowest BCUT2D eigenvalue weighted by molar-refractivity contribution is 0.0954. The Morgan fingerprint density at radius 3 is 2.79 bits per heavy atom. The van der Waals surface area contributed by atoms with E-state index in [0.29, 0.717) is 48.3 Å². The lowest BCUT2D eigenvalue weighted by Gasteiger charge is -2.11. The van der Waals surface area contributed by atoms with Gasteiger partial charge in [0.25, 0.3) is 5.91 Å². The molecule has 0 atom stereocenters. The molecule has 2 N–H and O–H groups in total. The fourth-order valence-electron chi connectivity index (χ4n) is 3.26. The van der Waals surface area contributed by atoms with Gasteiger partial charge < -0.3 is 24.5 Å². The fraction of sp³-hybridized carbons (Fsp3) is 0.286. The third kappa shape index (κ3) is 3.73. The van der Waals surface area contributed by atoms with Gasteiger partial charge in [-0.15, -0.1) is 0 Å². The van der Waals surface area contributed by atoms with Gasteiger partial charge >= 0.3 is 0 Å². The van der Waals surface area contributed by atoms with Crippen molar-refractivity contribution in [2.75, 3.05) is 26.9 Å². The van der Waals surface area contributed by atoms with Crippen LogP contribution in [0.2, 0.25) is 5.02 Å². The zero-order valence-electron chi connectivity index (χ0n) is 15.5. The number of ether oxygens (including phenoxy) is 3. The minimum absolute atomic E-state index is 0.234. The van der Waals surface area contributed by atoms with Gasteiger partial charge in [0.15, 0.2) is 11.5 Å². The van der Waals surface area contributed by atoms with Crippen LogP contribution in [0.4, 0.5) is 0 Å². The first-order valence-electron chi connectivity index (χ1n) is 9.17. The van der Waals surface area contributed by atoms with E-state index in [1.807, 2.05) is 24.4 Å². The highest BCUT2D eigenvalue weighted by atomic mass is 35.5. The average Bonchev–Trinajstić information content (AvgIpc) is 2.96. The molecule has 146 valence electrons. The maximum atomic E-state index is 12.6. The van der Waals surface area contributed by atoms with Crippen LogP contribution < -0.4 is 19.5 Å². The first-order valence-corrected chi connectivity index (χ1v) is 9.55. The van der Waals surface area contributed by atoms with Crippen molar-refractivity contribution in [2.45, 2.75) is 12.8 Å². The van der Waals surface area contributed by atoms with E-state index in [4.69, 9.17) is 25.8 Å². The second kappa shape index (κ2) is 8.02. The molecule has 1 amide bonds. The number of benzene rings is 2. The Morgan fingerprint density at radius 1 is 1.21 bits per heavy atom. The molecule has 0 unspecified atom stereocenters. The summed E-state index contributed by atoms with van der Waals surface area (Å²) in [5.74, 6) is 1.70. The van der Waals surface area contributed by atoms with Gasteiger partial charge in [-0.2, -0.15) is 0 Å². The van der Waals surface area contributed by atoms with Crippen molar-refractivity contribution in [3.63, 3.8) is 0 Å². The summed E-state index contributed by atoms with van der Waals surface area (Å²) >= 11 is 6.28. The first kappa shape index (κ1) is 18.5. The molecule has 6 nitrogen and oxygen atoms in total. The topological polar surface area (TPSA) is 72.6 Å². The van der Waals surface area contributed by atoms with Crippen molar-refractivity contribution in [3.05, 3.63) is 52.7 Å². The van der Waals surface area contributed by atoms with Crippen LogP contribution in [0.5, 0.6) is 17.2 Å².